The molecule has 6 rings (SSSR count). The minimum absolute atomic E-state index is 0.120. The van der Waals surface area contributed by atoms with E-state index in [1.165, 1.54) is 30.5 Å². The Bertz CT molecular complexity index is 2280. The van der Waals surface area contributed by atoms with Gasteiger partial charge in [0.25, 0.3) is 0 Å². The molecular weight excluding hydrogens is 745 g/mol. The van der Waals surface area contributed by atoms with Crippen molar-refractivity contribution in [2.75, 3.05) is 37.1 Å². The number of anilines is 4. The Labute approximate surface area is 316 Å². The normalized spacial score (nSPS) is 12.3. The molecule has 12 nitrogen and oxygen atoms in total. The SMILES string of the molecule is O=C(OCC(O)CO)c1ccccc1Nc1ccnc2c(C(F)(F)F)cccc12.O=C(OCC(O)CO)c1ccccc1Nc1ccnc2cc(Cl)ccc12. The van der Waals surface area contributed by atoms with Crippen LogP contribution in [0.25, 0.3) is 21.8 Å². The first kappa shape index (κ1) is 40.3. The molecule has 2 atom stereocenters. The molecule has 0 radical (unpaired) electrons. The highest BCUT2D eigenvalue weighted by Crippen LogP contribution is 2.37. The van der Waals surface area contributed by atoms with Gasteiger partial charge in [0.05, 0.1) is 52.3 Å². The molecule has 0 amide bonds. The fourth-order valence-corrected chi connectivity index (χ4v) is 5.35. The Morgan fingerprint density at radius 2 is 1.20 bits per heavy atom. The standard InChI is InChI=1S/C20H17F3N2O4.C19H17ClN2O4/c21-20(22,23)15-6-3-5-13-17(8-9-24-18(13)15)25-16-7-2-1-4-14(16)19(28)29-11-12(27)10-26;20-12-5-6-14-17(7-8-21-18(14)9-12)22-16-4-2-1-3-15(16)19(25)26-11-13(24)10-23/h1-9,12,26-27H,10-11H2,(H,24,25);1-9,13,23-24H,10-11H2,(H,21,22). The van der Waals surface area contributed by atoms with E-state index in [9.17, 15) is 33.0 Å². The van der Waals surface area contributed by atoms with Crippen molar-refractivity contribution in [3.8, 4) is 0 Å². The second kappa shape index (κ2) is 18.5. The molecule has 6 aromatic rings. The number of hydrogen-bond donors (Lipinski definition) is 6. The lowest BCUT2D eigenvalue weighted by atomic mass is 10.1. The van der Waals surface area contributed by atoms with E-state index in [-0.39, 0.29) is 23.1 Å². The quantitative estimate of drug-likeness (QED) is 0.0729. The first-order chi connectivity index (χ1) is 26.4. The van der Waals surface area contributed by atoms with Crippen LogP contribution in [0.4, 0.5) is 35.9 Å². The number of halogens is 4. The summed E-state index contributed by atoms with van der Waals surface area (Å²) in [4.78, 5) is 32.8. The van der Waals surface area contributed by atoms with Crippen LogP contribution in [0.1, 0.15) is 26.3 Å². The molecule has 0 bridgehead atoms. The summed E-state index contributed by atoms with van der Waals surface area (Å²) in [6.45, 7) is -1.70. The van der Waals surface area contributed by atoms with Crippen LogP contribution in [0, 0.1) is 0 Å². The van der Waals surface area contributed by atoms with Crippen LogP contribution in [-0.4, -0.2) is 81.0 Å². The highest BCUT2D eigenvalue weighted by molar-refractivity contribution is 6.31. The number of aromatic nitrogens is 2. The zero-order chi connectivity index (χ0) is 39.5. The molecule has 0 saturated heterocycles. The molecule has 55 heavy (non-hydrogen) atoms. The molecule has 0 aliphatic heterocycles. The van der Waals surface area contributed by atoms with Crippen LogP contribution in [0.15, 0.2) is 109 Å². The van der Waals surface area contributed by atoms with Gasteiger partial charge in [-0.3, -0.25) is 9.97 Å². The second-order valence-corrected chi connectivity index (χ2v) is 12.2. The second-order valence-electron chi connectivity index (χ2n) is 11.8. The van der Waals surface area contributed by atoms with E-state index in [4.69, 9.17) is 31.3 Å². The van der Waals surface area contributed by atoms with Crippen molar-refractivity contribution in [2.24, 2.45) is 0 Å². The van der Waals surface area contributed by atoms with Crippen LogP contribution >= 0.6 is 11.6 Å². The number of rotatable bonds is 12. The Balaban J connectivity index is 0.000000212. The molecule has 0 saturated carbocycles. The number of fused-ring (bicyclic) bond motifs is 2. The topological polar surface area (TPSA) is 183 Å². The number of aliphatic hydroxyl groups is 4. The first-order valence-electron chi connectivity index (χ1n) is 16.5. The zero-order valence-electron chi connectivity index (χ0n) is 28.7. The number of hydrogen-bond acceptors (Lipinski definition) is 12. The molecule has 2 heterocycles. The summed E-state index contributed by atoms with van der Waals surface area (Å²) in [5.41, 5.74) is 2.05. The molecule has 2 unspecified atom stereocenters. The van der Waals surface area contributed by atoms with Gasteiger partial charge in [0.1, 0.15) is 25.4 Å². The molecule has 0 aliphatic rings. The Kier molecular flexibility index (Phi) is 13.5. The molecule has 0 aliphatic carbocycles. The van der Waals surface area contributed by atoms with Gasteiger partial charge in [-0.25, -0.2) is 9.59 Å². The average molecular weight is 779 g/mol. The van der Waals surface area contributed by atoms with Gasteiger partial charge in [-0.05, 0) is 60.7 Å². The van der Waals surface area contributed by atoms with Gasteiger partial charge < -0.3 is 40.5 Å². The summed E-state index contributed by atoms with van der Waals surface area (Å²) in [6, 6.07) is 25.6. The summed E-state index contributed by atoms with van der Waals surface area (Å²) in [5.74, 6) is -1.35. The van der Waals surface area contributed by atoms with Crippen LogP contribution in [0.5, 0.6) is 0 Å². The summed E-state index contributed by atoms with van der Waals surface area (Å²) in [7, 11) is 0. The van der Waals surface area contributed by atoms with Gasteiger partial charge >= 0.3 is 18.1 Å². The average Bonchev–Trinajstić information content (AvgIpc) is 3.19. The minimum atomic E-state index is -4.56. The molecule has 4 aromatic carbocycles. The number of nitrogens with zero attached hydrogens (tertiary/aromatic N) is 2. The lowest BCUT2D eigenvalue weighted by molar-refractivity contribution is -0.136. The first-order valence-corrected chi connectivity index (χ1v) is 16.9. The number of pyridine rings is 2. The number of ether oxygens (including phenoxy) is 2. The Morgan fingerprint density at radius 1 is 0.673 bits per heavy atom. The number of benzene rings is 4. The number of carbonyl (C=O) groups is 2. The fourth-order valence-electron chi connectivity index (χ4n) is 5.18. The highest BCUT2D eigenvalue weighted by atomic mass is 35.5. The van der Waals surface area contributed by atoms with Crippen molar-refractivity contribution < 1.29 is 52.7 Å². The van der Waals surface area contributed by atoms with E-state index in [0.717, 1.165) is 22.7 Å². The maximum Gasteiger partial charge on any atom is 0.418 e. The lowest BCUT2D eigenvalue weighted by Gasteiger charge is -2.15. The van der Waals surface area contributed by atoms with Crippen molar-refractivity contribution >= 4 is 68.1 Å². The van der Waals surface area contributed by atoms with Gasteiger partial charge in [0, 0.05) is 39.6 Å². The number of carbonyl (C=O) groups excluding carboxylic acids is 2. The third-order valence-electron chi connectivity index (χ3n) is 7.85. The molecule has 6 N–H and O–H groups in total. The smallest absolute Gasteiger partial charge is 0.418 e. The van der Waals surface area contributed by atoms with E-state index < -0.39 is 55.7 Å². The zero-order valence-corrected chi connectivity index (χ0v) is 29.5. The van der Waals surface area contributed by atoms with Gasteiger partial charge in [0.2, 0.25) is 0 Å². The van der Waals surface area contributed by atoms with E-state index in [0.29, 0.717) is 27.6 Å². The van der Waals surface area contributed by atoms with Crippen LogP contribution in [-0.2, 0) is 15.7 Å². The molecule has 286 valence electrons. The van der Waals surface area contributed by atoms with E-state index in [1.807, 2.05) is 6.07 Å². The van der Waals surface area contributed by atoms with Gasteiger partial charge in [-0.1, -0.05) is 48.0 Å². The predicted octanol–water partition coefficient (Wildman–Crippen LogP) is 6.65. The Morgan fingerprint density at radius 3 is 1.75 bits per heavy atom. The number of nitrogens with one attached hydrogen (secondary N) is 2. The lowest BCUT2D eigenvalue weighted by Crippen LogP contribution is -2.22. The van der Waals surface area contributed by atoms with Crippen molar-refractivity contribution in [1.82, 2.24) is 9.97 Å². The van der Waals surface area contributed by atoms with Crippen LogP contribution in [0.3, 0.4) is 0 Å². The Hall–Kier alpha value is -5.84. The number of para-hydroxylation sites is 3. The van der Waals surface area contributed by atoms with Crippen LogP contribution < -0.4 is 10.6 Å². The third-order valence-corrected chi connectivity index (χ3v) is 8.08. The number of esters is 2. The predicted molar refractivity (Wildman–Crippen MR) is 200 cm³/mol. The third kappa shape index (κ3) is 10.4. The van der Waals surface area contributed by atoms with Gasteiger partial charge in [0.15, 0.2) is 0 Å². The maximum atomic E-state index is 13.3. The molecule has 2 aromatic heterocycles. The van der Waals surface area contributed by atoms with Gasteiger partial charge in [-0.15, -0.1) is 0 Å². The summed E-state index contributed by atoms with van der Waals surface area (Å²) < 4.78 is 49.8. The molecular formula is C39H34ClF3N4O8. The number of aliphatic hydroxyl groups excluding tert-OH is 4. The molecule has 0 fully saturated rings. The van der Waals surface area contributed by atoms with Crippen molar-refractivity contribution in [2.45, 2.75) is 18.4 Å². The maximum absolute atomic E-state index is 13.3. The summed E-state index contributed by atoms with van der Waals surface area (Å²) in [6.07, 6.45) is -3.96. The molecule has 16 heteroatoms. The monoisotopic (exact) mass is 778 g/mol. The molecule has 0 spiro atoms. The van der Waals surface area contributed by atoms with Gasteiger partial charge in [-0.2, -0.15) is 13.2 Å². The summed E-state index contributed by atoms with van der Waals surface area (Å²) >= 11 is 6.01. The van der Waals surface area contributed by atoms with Crippen molar-refractivity contribution in [3.63, 3.8) is 0 Å². The fraction of sp³-hybridized carbons (Fsp3) is 0.179. The number of alkyl halides is 3. The highest BCUT2D eigenvalue weighted by Gasteiger charge is 2.33. The van der Waals surface area contributed by atoms with E-state index in [2.05, 4.69) is 20.6 Å². The van der Waals surface area contributed by atoms with E-state index >= 15 is 0 Å². The minimum Gasteiger partial charge on any atom is -0.459 e. The van der Waals surface area contributed by atoms with Crippen molar-refractivity contribution in [1.29, 1.82) is 0 Å². The summed E-state index contributed by atoms with van der Waals surface area (Å²) in [5, 5.41) is 44.2. The largest absolute Gasteiger partial charge is 0.459 e. The van der Waals surface area contributed by atoms with Crippen LogP contribution in [0.2, 0.25) is 5.02 Å². The van der Waals surface area contributed by atoms with E-state index in [1.54, 1.807) is 66.9 Å². The van der Waals surface area contributed by atoms with Crippen molar-refractivity contribution in [3.05, 3.63) is 131 Å².